The summed E-state index contributed by atoms with van der Waals surface area (Å²) in [5, 5.41) is 8.86. The molecule has 3 N–H and O–H groups in total. The fourth-order valence-electron chi connectivity index (χ4n) is 4.71. The number of rotatable bonds is 11. The third-order valence-electron chi connectivity index (χ3n) is 6.51. The molecule has 0 bridgehead atoms. The normalized spacial score (nSPS) is 14.7. The molecule has 2 aromatic rings. The van der Waals surface area contributed by atoms with Gasteiger partial charge in [0.15, 0.2) is 11.5 Å². The topological polar surface area (TPSA) is 124 Å². The van der Waals surface area contributed by atoms with E-state index in [1.807, 2.05) is 12.1 Å². The van der Waals surface area contributed by atoms with Gasteiger partial charge in [0.05, 0.1) is 33.1 Å². The van der Waals surface area contributed by atoms with Crippen molar-refractivity contribution in [3.05, 3.63) is 45.6 Å². The summed E-state index contributed by atoms with van der Waals surface area (Å²) in [4.78, 5) is 38.0. The average Bonchev–Trinajstić information content (AvgIpc) is 3.14. The maximum Gasteiger partial charge on any atom is 0.242 e. The summed E-state index contributed by atoms with van der Waals surface area (Å²) >= 11 is 0. The van der Waals surface area contributed by atoms with Crippen molar-refractivity contribution in [1.82, 2.24) is 10.6 Å². The van der Waals surface area contributed by atoms with E-state index >= 15 is 0 Å². The van der Waals surface area contributed by atoms with Gasteiger partial charge in [-0.2, -0.15) is 0 Å². The van der Waals surface area contributed by atoms with Crippen molar-refractivity contribution >= 4 is 17.5 Å². The Balaban J connectivity index is 2.12. The largest absolute Gasteiger partial charge is 0.493 e. The number of hydrogen-bond donors (Lipinski definition) is 3. The smallest absolute Gasteiger partial charge is 0.242 e. The number of fused-ring (bicyclic) bond motifs is 3. The molecule has 2 unspecified atom stereocenters. The van der Waals surface area contributed by atoms with E-state index in [1.54, 1.807) is 34.3 Å². The van der Waals surface area contributed by atoms with Gasteiger partial charge in [-0.05, 0) is 61.1 Å². The number of hydrogen-bond acceptors (Lipinski definition) is 8. The zero-order valence-corrected chi connectivity index (χ0v) is 22.9. The Morgan fingerprint density at radius 2 is 1.79 bits per heavy atom. The van der Waals surface area contributed by atoms with E-state index < -0.39 is 12.1 Å². The van der Waals surface area contributed by atoms with Gasteiger partial charge in [0, 0.05) is 32.7 Å². The average molecular weight is 528 g/mol. The first-order valence-corrected chi connectivity index (χ1v) is 12.6. The summed E-state index contributed by atoms with van der Waals surface area (Å²) in [6, 6.07) is 5.83. The van der Waals surface area contributed by atoms with Gasteiger partial charge >= 0.3 is 0 Å². The number of methoxy groups -OCH3 is 4. The van der Waals surface area contributed by atoms with Gasteiger partial charge in [-0.3, -0.25) is 14.4 Å². The predicted octanol–water partition coefficient (Wildman–Crippen LogP) is 2.82. The van der Waals surface area contributed by atoms with Crippen LogP contribution in [0.1, 0.15) is 43.9 Å². The van der Waals surface area contributed by atoms with E-state index in [-0.39, 0.29) is 22.9 Å². The summed E-state index contributed by atoms with van der Waals surface area (Å²) in [7, 11) is 6.26. The highest BCUT2D eigenvalue weighted by molar-refractivity contribution is 5.85. The number of amides is 2. The maximum absolute atomic E-state index is 13.4. The molecule has 3 rings (SSSR count). The molecule has 0 saturated heterocycles. The number of nitrogens with one attached hydrogen (secondary N) is 3. The van der Waals surface area contributed by atoms with Gasteiger partial charge in [0.2, 0.25) is 23.0 Å². The molecule has 2 atom stereocenters. The summed E-state index contributed by atoms with van der Waals surface area (Å²) in [6.45, 7) is 4.16. The van der Waals surface area contributed by atoms with Crippen molar-refractivity contribution in [3.63, 3.8) is 0 Å². The minimum atomic E-state index is -0.648. The number of aryl methyl sites for hydroxylation is 1. The molecule has 2 amide bonds. The Bertz CT molecular complexity index is 1230. The number of anilines is 1. The zero-order chi connectivity index (χ0) is 27.8. The van der Waals surface area contributed by atoms with Crippen LogP contribution in [0.25, 0.3) is 11.1 Å². The quantitative estimate of drug-likeness (QED) is 0.381. The number of carbonyl (C=O) groups is 2. The fourth-order valence-corrected chi connectivity index (χ4v) is 4.71. The van der Waals surface area contributed by atoms with Gasteiger partial charge in [0.1, 0.15) is 6.04 Å². The van der Waals surface area contributed by atoms with E-state index in [0.29, 0.717) is 55.2 Å². The molecule has 1 aliphatic carbocycles. The van der Waals surface area contributed by atoms with Crippen molar-refractivity contribution < 1.29 is 28.5 Å². The van der Waals surface area contributed by atoms with Crippen LogP contribution >= 0.6 is 0 Å². The molecule has 1 aliphatic rings. The molecule has 38 heavy (non-hydrogen) atoms. The first-order valence-electron chi connectivity index (χ1n) is 12.6. The van der Waals surface area contributed by atoms with E-state index in [0.717, 1.165) is 16.7 Å². The van der Waals surface area contributed by atoms with Crippen LogP contribution in [-0.2, 0) is 20.7 Å². The second-order valence-electron chi connectivity index (χ2n) is 9.10. The van der Waals surface area contributed by atoms with Crippen molar-refractivity contribution in [3.8, 4) is 28.4 Å². The van der Waals surface area contributed by atoms with Gasteiger partial charge in [-0.1, -0.05) is 6.07 Å². The van der Waals surface area contributed by atoms with Crippen LogP contribution in [0.3, 0.4) is 0 Å². The molecule has 0 heterocycles. The van der Waals surface area contributed by atoms with Crippen molar-refractivity contribution in [2.45, 2.75) is 45.2 Å². The van der Waals surface area contributed by atoms with Crippen molar-refractivity contribution in [2.24, 2.45) is 0 Å². The Morgan fingerprint density at radius 3 is 2.42 bits per heavy atom. The van der Waals surface area contributed by atoms with E-state index in [4.69, 9.17) is 18.9 Å². The van der Waals surface area contributed by atoms with Crippen LogP contribution in [0.15, 0.2) is 29.1 Å². The lowest BCUT2D eigenvalue weighted by Gasteiger charge is -2.19. The molecule has 2 aromatic carbocycles. The van der Waals surface area contributed by atoms with E-state index in [9.17, 15) is 14.4 Å². The zero-order valence-electron chi connectivity index (χ0n) is 22.9. The van der Waals surface area contributed by atoms with Gasteiger partial charge in [-0.25, -0.2) is 0 Å². The lowest BCUT2D eigenvalue weighted by molar-refractivity contribution is -0.121. The summed E-state index contributed by atoms with van der Waals surface area (Å²) in [5.41, 5.74) is 3.03. The van der Waals surface area contributed by atoms with Gasteiger partial charge in [0.25, 0.3) is 0 Å². The SMILES string of the molecule is COCCCNC(=O)C(C)Nc1ccc2c(cc1=O)C(NC(C)=O)CCc1cc(OC)c(OC)c(OC)c1-2. The van der Waals surface area contributed by atoms with E-state index in [1.165, 1.54) is 20.1 Å². The Hall–Kier alpha value is -3.79. The third-order valence-corrected chi connectivity index (χ3v) is 6.51. The summed E-state index contributed by atoms with van der Waals surface area (Å²) in [6.07, 6.45) is 1.86. The molecule has 0 fully saturated rings. The molecular weight excluding hydrogens is 490 g/mol. The van der Waals surface area contributed by atoms with Crippen LogP contribution in [0.2, 0.25) is 0 Å². The van der Waals surface area contributed by atoms with E-state index in [2.05, 4.69) is 16.0 Å². The Labute approximate surface area is 223 Å². The van der Waals surface area contributed by atoms with Gasteiger partial charge in [-0.15, -0.1) is 0 Å². The van der Waals surface area contributed by atoms with Gasteiger partial charge < -0.3 is 34.9 Å². The monoisotopic (exact) mass is 527 g/mol. The molecular formula is C28H37N3O7. The third kappa shape index (κ3) is 6.36. The second kappa shape index (κ2) is 13.1. The minimum Gasteiger partial charge on any atom is -0.493 e. The summed E-state index contributed by atoms with van der Waals surface area (Å²) < 4.78 is 22.0. The minimum absolute atomic E-state index is 0.204. The highest BCUT2D eigenvalue weighted by atomic mass is 16.5. The maximum atomic E-state index is 13.4. The molecule has 0 spiro atoms. The molecule has 0 radical (unpaired) electrons. The molecule has 0 saturated carbocycles. The van der Waals surface area contributed by atoms with Crippen LogP contribution in [0.5, 0.6) is 17.2 Å². The lowest BCUT2D eigenvalue weighted by atomic mass is 9.95. The van der Waals surface area contributed by atoms with Crippen molar-refractivity contribution in [2.75, 3.05) is 46.9 Å². The highest BCUT2D eigenvalue weighted by Gasteiger charge is 2.29. The molecule has 0 aromatic heterocycles. The molecule has 206 valence electrons. The Morgan fingerprint density at radius 1 is 1.05 bits per heavy atom. The van der Waals surface area contributed by atoms with Crippen molar-refractivity contribution in [1.29, 1.82) is 0 Å². The van der Waals surface area contributed by atoms with Crippen LogP contribution in [-0.4, -0.2) is 59.4 Å². The lowest BCUT2D eigenvalue weighted by Crippen LogP contribution is -2.39. The number of ether oxygens (including phenoxy) is 4. The molecule has 10 heteroatoms. The van der Waals surface area contributed by atoms with Crippen LogP contribution in [0, 0.1) is 0 Å². The highest BCUT2D eigenvalue weighted by Crippen LogP contribution is 2.50. The molecule has 10 nitrogen and oxygen atoms in total. The first-order chi connectivity index (χ1) is 18.2. The Kier molecular flexibility index (Phi) is 9.95. The number of carbonyl (C=O) groups excluding carboxylic acids is 2. The molecule has 0 aliphatic heterocycles. The number of benzene rings is 1. The predicted molar refractivity (Wildman–Crippen MR) is 145 cm³/mol. The first kappa shape index (κ1) is 28.8. The fraction of sp³-hybridized carbons (Fsp3) is 0.464. The summed E-state index contributed by atoms with van der Waals surface area (Å²) in [5.74, 6) is 1.01. The standard InChI is InChI=1S/C28H37N3O7/c1-16(28(34)29-12-7-13-35-3)30-22-11-9-19-20(15-23(22)33)21(31-17(2)32)10-8-18-14-24(36-4)26(37-5)27(38-6)25(18)19/h9,11,14-16,21H,7-8,10,12-13H2,1-6H3,(H,29,34)(H,30,33)(H,31,32). The van der Waals surface area contributed by atoms with Crippen LogP contribution in [0.4, 0.5) is 5.69 Å². The van der Waals surface area contributed by atoms with Crippen LogP contribution < -0.4 is 35.6 Å². The second-order valence-corrected chi connectivity index (χ2v) is 9.10.